The first-order valence-electron chi connectivity index (χ1n) is 11.4. The van der Waals surface area contributed by atoms with Gasteiger partial charge in [0.2, 0.25) is 0 Å². The average Bonchev–Trinajstić information content (AvgIpc) is 3.24. The van der Waals surface area contributed by atoms with Crippen molar-refractivity contribution in [2.24, 2.45) is 0 Å². The fourth-order valence-electron chi connectivity index (χ4n) is 4.14. The van der Waals surface area contributed by atoms with Crippen molar-refractivity contribution in [2.75, 3.05) is 6.61 Å². The number of nitrogens with zero attached hydrogens (tertiary/aromatic N) is 2. The number of aromatic nitrogens is 2. The molecule has 0 aliphatic heterocycles. The number of hydrogen-bond donors (Lipinski definition) is 2. The summed E-state index contributed by atoms with van der Waals surface area (Å²) >= 11 is -2.42. The predicted molar refractivity (Wildman–Crippen MR) is 132 cm³/mol. The Morgan fingerprint density at radius 1 is 1.16 bits per heavy atom. The maximum Gasteiger partial charge on any atom is 0.387 e. The van der Waals surface area contributed by atoms with Crippen LogP contribution >= 0.6 is 0 Å². The third-order valence-corrected chi connectivity index (χ3v) is 6.52. The summed E-state index contributed by atoms with van der Waals surface area (Å²) in [4.78, 5) is 17.0. The number of alkyl halides is 2. The van der Waals surface area contributed by atoms with Gasteiger partial charge in [0.15, 0.2) is 0 Å². The van der Waals surface area contributed by atoms with Gasteiger partial charge in [0.05, 0.1) is 18.3 Å². The number of halogens is 2. The number of fused-ring (bicyclic) bond motifs is 1. The molecule has 1 amide bonds. The number of nitrogens with one attached hydrogen (secondary N) is 1. The molecule has 0 fully saturated rings. The lowest BCUT2D eigenvalue weighted by Crippen LogP contribution is -2.31. The summed E-state index contributed by atoms with van der Waals surface area (Å²) in [5, 5.41) is 13.4. The van der Waals surface area contributed by atoms with Crippen molar-refractivity contribution in [3.05, 3.63) is 89.4 Å². The first-order valence-corrected chi connectivity index (χ1v) is 12.5. The van der Waals surface area contributed by atoms with Gasteiger partial charge in [-0.2, -0.15) is 8.78 Å². The Morgan fingerprint density at radius 3 is 2.51 bits per heavy atom. The van der Waals surface area contributed by atoms with Gasteiger partial charge < -0.3 is 24.3 Å². The molecule has 8 nitrogen and oxygen atoms in total. The minimum Gasteiger partial charge on any atom is -0.768 e. The van der Waals surface area contributed by atoms with E-state index in [0.29, 0.717) is 24.2 Å². The first-order chi connectivity index (χ1) is 17.8. The zero-order valence-corrected chi connectivity index (χ0v) is 20.6. The van der Waals surface area contributed by atoms with Gasteiger partial charge in [-0.05, 0) is 72.1 Å². The van der Waals surface area contributed by atoms with Gasteiger partial charge in [-0.1, -0.05) is 12.1 Å². The van der Waals surface area contributed by atoms with Gasteiger partial charge in [-0.15, -0.1) is 0 Å². The molecule has 0 spiro atoms. The zero-order valence-electron chi connectivity index (χ0n) is 19.8. The molecule has 0 aliphatic rings. The fraction of sp³-hybridized carbons (Fsp3) is 0.231. The molecule has 2 aromatic carbocycles. The van der Waals surface area contributed by atoms with Crippen LogP contribution in [0.15, 0.2) is 71.8 Å². The number of carbonyl (C=O) groups excluding carboxylic acids is 1. The second-order valence-corrected chi connectivity index (χ2v) is 9.16. The number of aliphatic hydroxyl groups excluding tert-OH is 1. The number of rotatable bonds is 10. The molecule has 11 heteroatoms. The summed E-state index contributed by atoms with van der Waals surface area (Å²) < 4.78 is 53.4. The molecule has 2 heterocycles. The van der Waals surface area contributed by atoms with Crippen LogP contribution in [-0.2, 0) is 24.0 Å². The first kappa shape index (κ1) is 26.4. The second kappa shape index (κ2) is 11.6. The number of aliphatic hydroxyl groups is 1. The Morgan fingerprint density at radius 2 is 1.92 bits per heavy atom. The highest BCUT2D eigenvalue weighted by atomic mass is 32.2. The van der Waals surface area contributed by atoms with Crippen molar-refractivity contribution >= 4 is 27.9 Å². The van der Waals surface area contributed by atoms with Crippen LogP contribution in [0.5, 0.6) is 5.75 Å². The molecule has 4 rings (SSSR count). The standard InChI is InChI=1S/C26H25F2N3O5S/c1-2-31-19(11-16-3-6-20(7-4-16)36-26(27)28)13-18-12-17(5-10-24(18)31)25(33)30-23(15-32)22-9-8-21(14-29-22)37(34)35/h3-10,12-14,23,26,32H,2,11,15H2,1H3,(H,30,33)(H,34,35)/p-1/t23-/m0/s1. The normalized spacial score (nSPS) is 13.0. The molecule has 2 atom stereocenters. The Kier molecular flexibility index (Phi) is 8.27. The van der Waals surface area contributed by atoms with Crippen LogP contribution in [-0.4, -0.2) is 42.5 Å². The van der Waals surface area contributed by atoms with E-state index < -0.39 is 36.2 Å². The number of benzene rings is 2. The lowest BCUT2D eigenvalue weighted by Gasteiger charge is -2.16. The highest BCUT2D eigenvalue weighted by Crippen LogP contribution is 2.25. The highest BCUT2D eigenvalue weighted by Gasteiger charge is 2.18. The number of aryl methyl sites for hydroxylation is 1. The maximum atomic E-state index is 12.9. The van der Waals surface area contributed by atoms with Gasteiger partial charge in [0.25, 0.3) is 5.91 Å². The predicted octanol–water partition coefficient (Wildman–Crippen LogP) is 3.95. The Balaban J connectivity index is 1.53. The minimum absolute atomic E-state index is 0.00546. The van der Waals surface area contributed by atoms with Gasteiger partial charge in [-0.25, -0.2) is 0 Å². The van der Waals surface area contributed by atoms with E-state index in [0.717, 1.165) is 28.4 Å². The molecule has 194 valence electrons. The summed E-state index contributed by atoms with van der Waals surface area (Å²) in [6.07, 6.45) is 1.72. The summed E-state index contributed by atoms with van der Waals surface area (Å²) in [5.41, 5.74) is 3.56. The molecule has 2 aromatic heterocycles. The van der Waals surface area contributed by atoms with E-state index in [1.54, 1.807) is 24.3 Å². The molecule has 37 heavy (non-hydrogen) atoms. The topological polar surface area (TPSA) is 117 Å². The van der Waals surface area contributed by atoms with Crippen LogP contribution in [0.3, 0.4) is 0 Å². The minimum atomic E-state index is -2.87. The highest BCUT2D eigenvalue weighted by molar-refractivity contribution is 7.79. The van der Waals surface area contributed by atoms with E-state index in [-0.39, 0.29) is 10.6 Å². The van der Waals surface area contributed by atoms with Crippen molar-refractivity contribution in [3.8, 4) is 5.75 Å². The van der Waals surface area contributed by atoms with Crippen molar-refractivity contribution in [1.82, 2.24) is 14.9 Å². The lowest BCUT2D eigenvalue weighted by molar-refractivity contribution is -0.0498. The largest absolute Gasteiger partial charge is 0.768 e. The van der Waals surface area contributed by atoms with Gasteiger partial charge in [-0.3, -0.25) is 14.0 Å². The van der Waals surface area contributed by atoms with Crippen molar-refractivity contribution < 1.29 is 32.2 Å². The lowest BCUT2D eigenvalue weighted by atomic mass is 10.1. The number of carbonyl (C=O) groups is 1. The summed E-state index contributed by atoms with van der Waals surface area (Å²) in [6.45, 7) is -0.590. The molecule has 2 N–H and O–H groups in total. The van der Waals surface area contributed by atoms with Crippen LogP contribution in [0.25, 0.3) is 10.9 Å². The van der Waals surface area contributed by atoms with Crippen molar-refractivity contribution in [3.63, 3.8) is 0 Å². The average molecular weight is 529 g/mol. The monoisotopic (exact) mass is 528 g/mol. The summed E-state index contributed by atoms with van der Waals surface area (Å²) in [5.74, 6) is -0.321. The molecule has 0 saturated heterocycles. The molecule has 0 saturated carbocycles. The van der Waals surface area contributed by atoms with E-state index in [1.165, 1.54) is 24.3 Å². The molecule has 1 unspecified atom stereocenters. The second-order valence-electron chi connectivity index (χ2n) is 8.21. The van der Waals surface area contributed by atoms with Gasteiger partial charge >= 0.3 is 6.61 Å². The molecule has 0 bridgehead atoms. The third kappa shape index (κ3) is 6.19. The molecular formula is C26H24F2N3O5S-. The number of hydrogen-bond acceptors (Lipinski definition) is 6. The van der Waals surface area contributed by atoms with Gasteiger partial charge in [0, 0.05) is 46.2 Å². The summed E-state index contributed by atoms with van der Waals surface area (Å²) in [6, 6.07) is 15.7. The van der Waals surface area contributed by atoms with E-state index in [9.17, 15) is 27.4 Å². The number of amides is 1. The van der Waals surface area contributed by atoms with E-state index in [4.69, 9.17) is 0 Å². The third-order valence-electron chi connectivity index (χ3n) is 5.90. The van der Waals surface area contributed by atoms with E-state index >= 15 is 0 Å². The molecule has 4 aromatic rings. The molecule has 0 radical (unpaired) electrons. The SMILES string of the molecule is CCn1c(Cc2ccc(OC(F)F)cc2)cc2cc(C(=O)N[C@@H](CO)c3ccc(S(=O)[O-])cn3)ccc21. The van der Waals surface area contributed by atoms with Crippen molar-refractivity contribution in [2.45, 2.75) is 37.4 Å². The number of ether oxygens (including phenoxy) is 1. The van der Waals surface area contributed by atoms with E-state index in [1.807, 2.05) is 19.1 Å². The number of pyridine rings is 1. The Labute approximate surface area is 214 Å². The van der Waals surface area contributed by atoms with Crippen LogP contribution < -0.4 is 10.1 Å². The van der Waals surface area contributed by atoms with Gasteiger partial charge in [0.1, 0.15) is 5.75 Å². The van der Waals surface area contributed by atoms with Crippen LogP contribution in [0.4, 0.5) is 8.78 Å². The van der Waals surface area contributed by atoms with Crippen LogP contribution in [0.2, 0.25) is 0 Å². The van der Waals surface area contributed by atoms with Crippen LogP contribution in [0, 0.1) is 0 Å². The van der Waals surface area contributed by atoms with Crippen molar-refractivity contribution in [1.29, 1.82) is 0 Å². The molecular weight excluding hydrogens is 504 g/mol. The van der Waals surface area contributed by atoms with Crippen LogP contribution in [0.1, 0.15) is 40.3 Å². The quantitative estimate of drug-likeness (QED) is 0.301. The summed E-state index contributed by atoms with van der Waals surface area (Å²) in [7, 11) is 0. The Bertz CT molecular complexity index is 1410. The maximum absolute atomic E-state index is 12.9. The Hall–Kier alpha value is -3.67. The smallest absolute Gasteiger partial charge is 0.387 e. The van der Waals surface area contributed by atoms with E-state index in [2.05, 4.69) is 19.6 Å². The fourth-order valence-corrected chi connectivity index (χ4v) is 4.46. The zero-order chi connectivity index (χ0) is 26.5. The molecule has 0 aliphatic carbocycles.